The Hall–Kier alpha value is -2.70. The molecule has 0 aliphatic carbocycles. The second-order valence-corrected chi connectivity index (χ2v) is 3.39. The average molecular weight is 229 g/mol. The van der Waals surface area contributed by atoms with Gasteiger partial charge in [-0.2, -0.15) is 14.9 Å². The van der Waals surface area contributed by atoms with Crippen molar-refractivity contribution < 1.29 is 0 Å². The van der Waals surface area contributed by atoms with E-state index < -0.39 is 0 Å². The van der Waals surface area contributed by atoms with Gasteiger partial charge in [0.1, 0.15) is 5.69 Å². The summed E-state index contributed by atoms with van der Waals surface area (Å²) in [6, 6.07) is 6.27. The van der Waals surface area contributed by atoms with E-state index >= 15 is 0 Å². The standard InChI is InChI=1S/C10H7N5O2/c16-8-4-1-5-11-15(8)7-3-2-6-14-9(7)12-13-10(14)17/h1-6H,(H,13,17). The number of aromatic amines is 1. The molecule has 3 rings (SSSR count). The van der Waals surface area contributed by atoms with Gasteiger partial charge in [0.05, 0.1) is 0 Å². The summed E-state index contributed by atoms with van der Waals surface area (Å²) in [5.74, 6) is 0. The van der Waals surface area contributed by atoms with E-state index in [0.29, 0.717) is 11.3 Å². The van der Waals surface area contributed by atoms with Crippen molar-refractivity contribution in [2.45, 2.75) is 0 Å². The summed E-state index contributed by atoms with van der Waals surface area (Å²) in [7, 11) is 0. The molecule has 0 radical (unpaired) electrons. The maximum absolute atomic E-state index is 11.6. The van der Waals surface area contributed by atoms with E-state index in [1.807, 2.05) is 0 Å². The van der Waals surface area contributed by atoms with Crippen LogP contribution in [0, 0.1) is 0 Å². The molecule has 84 valence electrons. The molecule has 0 unspecified atom stereocenters. The highest BCUT2D eigenvalue weighted by atomic mass is 16.1. The molecular formula is C10H7N5O2. The third-order valence-corrected chi connectivity index (χ3v) is 2.37. The SMILES string of the molecule is O=c1cccnn1-c1cccn2c(=O)[nH]nc12. The van der Waals surface area contributed by atoms with E-state index in [2.05, 4.69) is 15.3 Å². The summed E-state index contributed by atoms with van der Waals surface area (Å²) >= 11 is 0. The lowest BCUT2D eigenvalue weighted by molar-refractivity contribution is 0.805. The zero-order valence-corrected chi connectivity index (χ0v) is 8.57. The topological polar surface area (TPSA) is 85.0 Å². The van der Waals surface area contributed by atoms with Crippen molar-refractivity contribution in [1.29, 1.82) is 0 Å². The van der Waals surface area contributed by atoms with Gasteiger partial charge in [0.2, 0.25) is 0 Å². The van der Waals surface area contributed by atoms with Crippen molar-refractivity contribution >= 4 is 5.65 Å². The van der Waals surface area contributed by atoms with Crippen LogP contribution in [0.3, 0.4) is 0 Å². The van der Waals surface area contributed by atoms with Crippen LogP contribution in [0.2, 0.25) is 0 Å². The average Bonchev–Trinajstić information content (AvgIpc) is 2.72. The second-order valence-electron chi connectivity index (χ2n) is 3.39. The number of aromatic nitrogens is 5. The van der Waals surface area contributed by atoms with Crippen LogP contribution in [0.4, 0.5) is 0 Å². The Morgan fingerprint density at radius 3 is 2.88 bits per heavy atom. The van der Waals surface area contributed by atoms with Gasteiger partial charge >= 0.3 is 5.69 Å². The predicted octanol–water partition coefficient (Wildman–Crippen LogP) is -0.432. The van der Waals surface area contributed by atoms with Crippen LogP contribution < -0.4 is 11.2 Å². The van der Waals surface area contributed by atoms with E-state index in [9.17, 15) is 9.59 Å². The Labute approximate surface area is 94.0 Å². The minimum Gasteiger partial charge on any atom is -0.267 e. The van der Waals surface area contributed by atoms with Gasteiger partial charge in [-0.25, -0.2) is 14.3 Å². The molecule has 0 saturated carbocycles. The Bertz CT molecular complexity index is 798. The molecular weight excluding hydrogens is 222 g/mol. The van der Waals surface area contributed by atoms with Gasteiger partial charge in [-0.05, 0) is 18.2 Å². The third-order valence-electron chi connectivity index (χ3n) is 2.37. The first-order valence-corrected chi connectivity index (χ1v) is 4.88. The molecule has 0 bridgehead atoms. The largest absolute Gasteiger partial charge is 0.347 e. The molecule has 7 heteroatoms. The summed E-state index contributed by atoms with van der Waals surface area (Å²) < 4.78 is 2.51. The molecule has 1 N–H and O–H groups in total. The van der Waals surface area contributed by atoms with E-state index in [1.165, 1.54) is 21.3 Å². The summed E-state index contributed by atoms with van der Waals surface area (Å²) in [6.45, 7) is 0. The summed E-state index contributed by atoms with van der Waals surface area (Å²) in [5.41, 5.74) is 0.177. The number of pyridine rings is 1. The Morgan fingerprint density at radius 1 is 1.18 bits per heavy atom. The highest BCUT2D eigenvalue weighted by molar-refractivity contribution is 5.57. The minimum absolute atomic E-state index is 0.281. The molecule has 3 heterocycles. The minimum atomic E-state index is -0.356. The number of hydrogen-bond acceptors (Lipinski definition) is 4. The molecule has 0 atom stereocenters. The van der Waals surface area contributed by atoms with Crippen LogP contribution >= 0.6 is 0 Å². The third kappa shape index (κ3) is 1.36. The quantitative estimate of drug-likeness (QED) is 0.613. The number of hydrogen-bond donors (Lipinski definition) is 1. The maximum atomic E-state index is 11.6. The van der Waals surface area contributed by atoms with Gasteiger partial charge in [0, 0.05) is 18.5 Å². The van der Waals surface area contributed by atoms with Gasteiger partial charge in [-0.1, -0.05) is 0 Å². The first-order valence-electron chi connectivity index (χ1n) is 4.88. The molecule has 0 spiro atoms. The van der Waals surface area contributed by atoms with Crippen LogP contribution in [-0.4, -0.2) is 24.4 Å². The number of fused-ring (bicyclic) bond motifs is 1. The lowest BCUT2D eigenvalue weighted by atomic mass is 10.4. The smallest absolute Gasteiger partial charge is 0.267 e. The maximum Gasteiger partial charge on any atom is 0.347 e. The lowest BCUT2D eigenvalue weighted by Crippen LogP contribution is -2.20. The van der Waals surface area contributed by atoms with E-state index in [1.54, 1.807) is 24.4 Å². The van der Waals surface area contributed by atoms with Gasteiger partial charge in [-0.3, -0.25) is 4.79 Å². The Morgan fingerprint density at radius 2 is 2.06 bits per heavy atom. The van der Waals surface area contributed by atoms with Crippen LogP contribution in [0.5, 0.6) is 0 Å². The monoisotopic (exact) mass is 229 g/mol. The van der Waals surface area contributed by atoms with Gasteiger partial charge in [-0.15, -0.1) is 0 Å². The molecule has 0 aliphatic heterocycles. The van der Waals surface area contributed by atoms with E-state index in [-0.39, 0.29) is 11.2 Å². The number of nitrogens with one attached hydrogen (secondary N) is 1. The summed E-state index contributed by atoms with van der Waals surface area (Å²) in [6.07, 6.45) is 3.06. The summed E-state index contributed by atoms with van der Waals surface area (Å²) in [5, 5.41) is 10.1. The fraction of sp³-hybridized carbons (Fsp3) is 0. The van der Waals surface area contributed by atoms with E-state index in [0.717, 1.165) is 0 Å². The van der Waals surface area contributed by atoms with Crippen molar-refractivity contribution in [3.8, 4) is 5.69 Å². The van der Waals surface area contributed by atoms with Crippen molar-refractivity contribution in [1.82, 2.24) is 24.4 Å². The first-order chi connectivity index (χ1) is 8.27. The van der Waals surface area contributed by atoms with Gasteiger partial charge < -0.3 is 0 Å². The van der Waals surface area contributed by atoms with Crippen LogP contribution in [0.15, 0.2) is 46.2 Å². The normalized spacial score (nSPS) is 10.8. The van der Waals surface area contributed by atoms with Crippen LogP contribution in [0.1, 0.15) is 0 Å². The first kappa shape index (κ1) is 9.52. The molecule has 0 aromatic carbocycles. The highest BCUT2D eigenvalue weighted by Crippen LogP contribution is 2.07. The predicted molar refractivity (Wildman–Crippen MR) is 59.2 cm³/mol. The van der Waals surface area contributed by atoms with Crippen molar-refractivity contribution in [2.75, 3.05) is 0 Å². The molecule has 3 aromatic rings. The zero-order chi connectivity index (χ0) is 11.8. The Kier molecular flexibility index (Phi) is 1.91. The number of nitrogens with zero attached hydrogens (tertiary/aromatic N) is 4. The second kappa shape index (κ2) is 3.41. The molecule has 0 fully saturated rings. The zero-order valence-electron chi connectivity index (χ0n) is 8.57. The molecule has 0 saturated heterocycles. The molecule has 3 aromatic heterocycles. The summed E-state index contributed by atoms with van der Waals surface area (Å²) in [4.78, 5) is 23.0. The lowest BCUT2D eigenvalue weighted by Gasteiger charge is -2.03. The highest BCUT2D eigenvalue weighted by Gasteiger charge is 2.08. The number of rotatable bonds is 1. The van der Waals surface area contributed by atoms with Crippen LogP contribution in [-0.2, 0) is 0 Å². The fourth-order valence-corrected chi connectivity index (χ4v) is 1.62. The Balaban J connectivity index is 2.43. The van der Waals surface area contributed by atoms with Crippen molar-refractivity contribution in [3.05, 3.63) is 57.5 Å². The van der Waals surface area contributed by atoms with Crippen molar-refractivity contribution in [3.63, 3.8) is 0 Å². The van der Waals surface area contributed by atoms with Gasteiger partial charge in [0.15, 0.2) is 5.65 Å². The van der Waals surface area contributed by atoms with E-state index in [4.69, 9.17) is 0 Å². The van der Waals surface area contributed by atoms with Crippen molar-refractivity contribution in [2.24, 2.45) is 0 Å². The molecule has 0 amide bonds. The molecule has 0 aliphatic rings. The molecule has 7 nitrogen and oxygen atoms in total. The van der Waals surface area contributed by atoms with Crippen LogP contribution in [0.25, 0.3) is 11.3 Å². The fourth-order valence-electron chi connectivity index (χ4n) is 1.62. The molecule has 17 heavy (non-hydrogen) atoms. The van der Waals surface area contributed by atoms with Gasteiger partial charge in [0.25, 0.3) is 5.56 Å². The number of H-pyrrole nitrogens is 1.